The van der Waals surface area contributed by atoms with E-state index in [-0.39, 0.29) is 16.8 Å². The Labute approximate surface area is 181 Å². The van der Waals surface area contributed by atoms with Crippen LogP contribution in [-0.4, -0.2) is 23.7 Å². The first-order chi connectivity index (χ1) is 14.6. The van der Waals surface area contributed by atoms with E-state index in [1.165, 1.54) is 48.1 Å². The van der Waals surface area contributed by atoms with E-state index in [0.717, 1.165) is 28.5 Å². The molecule has 0 bridgehead atoms. The Morgan fingerprint density at radius 3 is 2.55 bits per heavy atom. The number of rotatable bonds is 5. The lowest BCUT2D eigenvalue weighted by atomic mass is 9.90. The van der Waals surface area contributed by atoms with E-state index in [1.807, 2.05) is 0 Å². The number of pyridine rings is 1. The van der Waals surface area contributed by atoms with Crippen LogP contribution < -0.4 is 5.69 Å². The van der Waals surface area contributed by atoms with Gasteiger partial charge in [-0.1, -0.05) is 12.1 Å². The summed E-state index contributed by atoms with van der Waals surface area (Å²) in [7, 11) is 1.29. The highest BCUT2D eigenvalue weighted by Gasteiger charge is 2.56. The van der Waals surface area contributed by atoms with Crippen molar-refractivity contribution < 1.29 is 17.6 Å². The highest BCUT2D eigenvalue weighted by Crippen LogP contribution is 2.47. The summed E-state index contributed by atoms with van der Waals surface area (Å²) in [6.45, 7) is -0.0585. The summed E-state index contributed by atoms with van der Waals surface area (Å²) >= 11 is 3.23. The van der Waals surface area contributed by atoms with Gasteiger partial charge < -0.3 is 4.57 Å². The molecule has 1 unspecified atom stereocenters. The largest absolute Gasteiger partial charge is 0.343 e. The van der Waals surface area contributed by atoms with E-state index in [4.69, 9.17) is 0 Å². The second-order valence-electron chi connectivity index (χ2n) is 7.25. The molecule has 4 rings (SSSR count). The molecule has 3 aromatic heterocycles. The molecule has 0 aliphatic rings. The van der Waals surface area contributed by atoms with Crippen LogP contribution in [0.25, 0.3) is 11.2 Å². The van der Waals surface area contributed by atoms with E-state index in [1.54, 1.807) is 0 Å². The molecule has 0 saturated heterocycles. The summed E-state index contributed by atoms with van der Waals surface area (Å²) in [6, 6.07) is 6.75. The summed E-state index contributed by atoms with van der Waals surface area (Å²) in [5.74, 6) is -4.83. The highest BCUT2D eigenvalue weighted by atomic mass is 79.9. The van der Waals surface area contributed by atoms with Gasteiger partial charge in [0.1, 0.15) is 13.0 Å². The first-order valence-electron chi connectivity index (χ1n) is 9.08. The van der Waals surface area contributed by atoms with Gasteiger partial charge in [0.05, 0.1) is 11.2 Å². The number of nitrogens with zero attached hydrogens (tertiary/aromatic N) is 5. The topological polar surface area (TPSA) is 57.1 Å². The maximum absolute atomic E-state index is 15.5. The molecule has 6 nitrogen and oxygen atoms in total. The number of hydrogen-bond acceptors (Lipinski definition) is 3. The third kappa shape index (κ3) is 3.27. The number of imidazole rings is 1. The SMILES string of the molecule is Cn1cnnc1C(F)(F)C(C)(F)c1cccc(-n2cc3c(CF)cc(Br)cn3c2=O)c1. The molecule has 3 heterocycles. The van der Waals surface area contributed by atoms with Crippen LogP contribution >= 0.6 is 15.9 Å². The number of benzene rings is 1. The smallest absolute Gasteiger partial charge is 0.316 e. The van der Waals surface area contributed by atoms with Crippen LogP contribution in [0.1, 0.15) is 23.9 Å². The average Bonchev–Trinajstić information content (AvgIpc) is 3.31. The van der Waals surface area contributed by atoms with Crippen LogP contribution in [0.3, 0.4) is 0 Å². The fourth-order valence-corrected chi connectivity index (χ4v) is 3.90. The van der Waals surface area contributed by atoms with Crippen LogP contribution in [0.4, 0.5) is 17.6 Å². The maximum Gasteiger partial charge on any atom is 0.343 e. The van der Waals surface area contributed by atoms with E-state index in [2.05, 4.69) is 26.1 Å². The maximum atomic E-state index is 15.5. The van der Waals surface area contributed by atoms with Crippen molar-refractivity contribution in [2.45, 2.75) is 25.2 Å². The predicted octanol–water partition coefficient (Wildman–Crippen LogP) is 4.43. The fraction of sp³-hybridized carbons (Fsp3) is 0.250. The summed E-state index contributed by atoms with van der Waals surface area (Å²) in [4.78, 5) is 12.9. The van der Waals surface area contributed by atoms with Gasteiger partial charge in [0, 0.05) is 29.5 Å². The van der Waals surface area contributed by atoms with Gasteiger partial charge in [0.15, 0.2) is 0 Å². The molecule has 0 radical (unpaired) electrons. The summed E-state index contributed by atoms with van der Waals surface area (Å²) < 4.78 is 62.8. The minimum atomic E-state index is -4.00. The van der Waals surface area contributed by atoms with E-state index >= 15 is 13.2 Å². The van der Waals surface area contributed by atoms with Gasteiger partial charge in [0.2, 0.25) is 11.5 Å². The third-order valence-electron chi connectivity index (χ3n) is 5.21. The van der Waals surface area contributed by atoms with E-state index in [0.29, 0.717) is 9.99 Å². The lowest BCUT2D eigenvalue weighted by Crippen LogP contribution is -2.39. The van der Waals surface area contributed by atoms with Gasteiger partial charge >= 0.3 is 11.6 Å². The zero-order valence-electron chi connectivity index (χ0n) is 16.4. The minimum Gasteiger partial charge on any atom is -0.316 e. The van der Waals surface area contributed by atoms with Crippen molar-refractivity contribution in [3.63, 3.8) is 0 Å². The van der Waals surface area contributed by atoms with Crippen molar-refractivity contribution in [2.75, 3.05) is 0 Å². The predicted molar refractivity (Wildman–Crippen MR) is 109 cm³/mol. The molecule has 0 N–H and O–H groups in total. The zero-order valence-corrected chi connectivity index (χ0v) is 17.9. The van der Waals surface area contributed by atoms with Gasteiger partial charge in [-0.25, -0.2) is 13.6 Å². The molecule has 0 aliphatic heterocycles. The fourth-order valence-electron chi connectivity index (χ4n) is 3.42. The van der Waals surface area contributed by atoms with E-state index < -0.39 is 29.8 Å². The molecule has 1 atom stereocenters. The molecule has 0 fully saturated rings. The number of fused-ring (bicyclic) bond motifs is 1. The van der Waals surface area contributed by atoms with Gasteiger partial charge in [-0.2, -0.15) is 8.78 Å². The molecule has 31 heavy (non-hydrogen) atoms. The van der Waals surface area contributed by atoms with Gasteiger partial charge in [0.25, 0.3) is 0 Å². The number of alkyl halides is 4. The Morgan fingerprint density at radius 2 is 1.90 bits per heavy atom. The Morgan fingerprint density at radius 1 is 1.16 bits per heavy atom. The number of aryl methyl sites for hydroxylation is 1. The lowest BCUT2D eigenvalue weighted by Gasteiger charge is -2.29. The van der Waals surface area contributed by atoms with Crippen LogP contribution in [0.2, 0.25) is 0 Å². The Bertz CT molecular complexity index is 1340. The Balaban J connectivity index is 1.85. The average molecular weight is 498 g/mol. The highest BCUT2D eigenvalue weighted by molar-refractivity contribution is 9.10. The molecule has 0 aliphatic carbocycles. The van der Waals surface area contributed by atoms with Crippen molar-refractivity contribution >= 4 is 21.4 Å². The summed E-state index contributed by atoms with van der Waals surface area (Å²) in [5.41, 5.74) is -3.32. The van der Waals surface area contributed by atoms with E-state index in [9.17, 15) is 9.18 Å². The molecular formula is C20H16BrF4N5O. The quantitative estimate of drug-likeness (QED) is 0.383. The minimum absolute atomic E-state index is 0.157. The van der Waals surface area contributed by atoms with Gasteiger partial charge in [-0.05, 0) is 46.6 Å². The zero-order chi connectivity index (χ0) is 22.6. The third-order valence-corrected chi connectivity index (χ3v) is 5.64. The normalized spacial score (nSPS) is 14.2. The van der Waals surface area contributed by atoms with Crippen LogP contribution in [0.5, 0.6) is 0 Å². The van der Waals surface area contributed by atoms with Crippen LogP contribution in [-0.2, 0) is 25.3 Å². The second kappa shape index (κ2) is 7.33. The molecule has 4 aromatic rings. The van der Waals surface area contributed by atoms with Crippen molar-refractivity contribution in [3.8, 4) is 5.69 Å². The standard InChI is InChI=1S/C20H16BrF4N5O/c1-19(23,20(24,25)17-27-26-11-28(17)2)13-4-3-5-15(7-13)29-10-16-12(8-22)6-14(21)9-30(16)18(29)31/h3-7,9-11H,8H2,1-2H3. The first-order valence-corrected chi connectivity index (χ1v) is 9.87. The van der Waals surface area contributed by atoms with Crippen molar-refractivity contribution in [1.82, 2.24) is 23.7 Å². The molecule has 11 heteroatoms. The number of halogens is 5. The first kappa shape index (κ1) is 21.3. The molecule has 1 aromatic carbocycles. The molecule has 0 spiro atoms. The van der Waals surface area contributed by atoms with Gasteiger partial charge in [-0.3, -0.25) is 8.97 Å². The van der Waals surface area contributed by atoms with Crippen molar-refractivity contribution in [1.29, 1.82) is 0 Å². The van der Waals surface area contributed by atoms with Crippen molar-refractivity contribution in [2.24, 2.45) is 7.05 Å². The van der Waals surface area contributed by atoms with Gasteiger partial charge in [-0.15, -0.1) is 10.2 Å². The molecule has 0 amide bonds. The Kier molecular flexibility index (Phi) is 5.03. The monoisotopic (exact) mass is 497 g/mol. The lowest BCUT2D eigenvalue weighted by molar-refractivity contribution is -0.149. The number of aromatic nitrogens is 5. The second-order valence-corrected chi connectivity index (χ2v) is 8.16. The Hall–Kier alpha value is -2.95. The van der Waals surface area contributed by atoms with Crippen LogP contribution in [0, 0.1) is 0 Å². The van der Waals surface area contributed by atoms with Crippen LogP contribution in [0.15, 0.2) is 58.3 Å². The molecule has 0 saturated carbocycles. The molecular weight excluding hydrogens is 482 g/mol. The summed E-state index contributed by atoms with van der Waals surface area (Å²) in [5, 5.41) is 6.76. The van der Waals surface area contributed by atoms with Crippen molar-refractivity contribution in [3.05, 3.63) is 81.0 Å². The summed E-state index contributed by atoms with van der Waals surface area (Å²) in [6.07, 6.45) is 3.92. The molecule has 162 valence electrons. The number of hydrogen-bond donors (Lipinski definition) is 0.